The fourth-order valence-corrected chi connectivity index (χ4v) is 4.01. The van der Waals surface area contributed by atoms with Crippen LogP contribution < -0.4 is 10.6 Å². The van der Waals surface area contributed by atoms with Gasteiger partial charge in [-0.25, -0.2) is 9.78 Å². The second-order valence-corrected chi connectivity index (χ2v) is 7.43. The third-order valence-corrected chi connectivity index (χ3v) is 5.51. The summed E-state index contributed by atoms with van der Waals surface area (Å²) in [6, 6.07) is 13.6. The maximum absolute atomic E-state index is 12.6. The number of nitrogens with one attached hydrogen (secondary N) is 2. The molecule has 1 aliphatic heterocycles. The summed E-state index contributed by atoms with van der Waals surface area (Å²) in [6.45, 7) is 5.91. The summed E-state index contributed by atoms with van der Waals surface area (Å²) in [5.41, 5.74) is 4.56. The van der Waals surface area contributed by atoms with E-state index in [1.165, 1.54) is 11.1 Å². The standard InChI is InChI=1S/C22H25N3O3/c1-15-5-3-4-6-18(15)22(9-11-27-12-10-22)14-23-21(26)25-17-7-8-19-20(13-17)28-16(2)24-19/h3-8,13H,9-12,14H2,1-2H3,(H2,23,25,26). The van der Waals surface area contributed by atoms with Gasteiger partial charge in [-0.2, -0.15) is 0 Å². The SMILES string of the molecule is Cc1nc2ccc(NC(=O)NCC3(c4ccccc4C)CCOCC3)cc2o1. The number of anilines is 1. The Kier molecular flexibility index (Phi) is 5.05. The van der Waals surface area contributed by atoms with Gasteiger partial charge in [-0.15, -0.1) is 0 Å². The predicted octanol–water partition coefficient (Wildman–Crippen LogP) is 4.31. The van der Waals surface area contributed by atoms with Crippen molar-refractivity contribution < 1.29 is 13.9 Å². The van der Waals surface area contributed by atoms with Gasteiger partial charge in [0.2, 0.25) is 0 Å². The Balaban J connectivity index is 1.47. The van der Waals surface area contributed by atoms with Crippen LogP contribution >= 0.6 is 0 Å². The molecule has 0 aliphatic carbocycles. The first-order valence-electron chi connectivity index (χ1n) is 9.62. The number of nitrogens with zero attached hydrogens (tertiary/aromatic N) is 1. The fraction of sp³-hybridized carbons (Fsp3) is 0.364. The van der Waals surface area contributed by atoms with Crippen molar-refractivity contribution in [3.63, 3.8) is 0 Å². The van der Waals surface area contributed by atoms with E-state index in [2.05, 4.69) is 40.7 Å². The molecule has 1 aromatic heterocycles. The monoisotopic (exact) mass is 379 g/mol. The second kappa shape index (κ2) is 7.64. The highest BCUT2D eigenvalue weighted by Gasteiger charge is 2.35. The normalized spacial score (nSPS) is 16.1. The zero-order chi connectivity index (χ0) is 19.6. The maximum atomic E-state index is 12.6. The summed E-state index contributed by atoms with van der Waals surface area (Å²) in [5, 5.41) is 5.97. The molecule has 0 atom stereocenters. The van der Waals surface area contributed by atoms with Crippen molar-refractivity contribution in [1.29, 1.82) is 0 Å². The summed E-state index contributed by atoms with van der Waals surface area (Å²) in [4.78, 5) is 16.8. The quantitative estimate of drug-likeness (QED) is 0.708. The van der Waals surface area contributed by atoms with Crippen LogP contribution in [0.1, 0.15) is 29.9 Å². The van der Waals surface area contributed by atoms with Gasteiger partial charge in [-0.1, -0.05) is 24.3 Å². The Bertz CT molecular complexity index is 990. The number of oxazole rings is 1. The maximum Gasteiger partial charge on any atom is 0.319 e. The number of aromatic nitrogens is 1. The molecule has 6 heteroatoms. The topological polar surface area (TPSA) is 76.4 Å². The van der Waals surface area contributed by atoms with Gasteiger partial charge in [0.1, 0.15) is 5.52 Å². The second-order valence-electron chi connectivity index (χ2n) is 7.43. The van der Waals surface area contributed by atoms with Crippen LogP contribution in [0.4, 0.5) is 10.5 Å². The van der Waals surface area contributed by atoms with E-state index < -0.39 is 0 Å². The largest absolute Gasteiger partial charge is 0.441 e. The lowest BCUT2D eigenvalue weighted by molar-refractivity contribution is 0.0506. The summed E-state index contributed by atoms with van der Waals surface area (Å²) < 4.78 is 11.1. The van der Waals surface area contributed by atoms with Crippen molar-refractivity contribution in [3.8, 4) is 0 Å². The highest BCUT2D eigenvalue weighted by molar-refractivity contribution is 5.91. The number of rotatable bonds is 4. The van der Waals surface area contributed by atoms with E-state index in [1.54, 1.807) is 13.0 Å². The van der Waals surface area contributed by atoms with E-state index in [9.17, 15) is 4.79 Å². The molecule has 4 rings (SSSR count). The number of amides is 2. The molecule has 1 fully saturated rings. The van der Waals surface area contributed by atoms with Crippen LogP contribution in [-0.4, -0.2) is 30.8 Å². The zero-order valence-electron chi connectivity index (χ0n) is 16.2. The Labute approximate surface area is 164 Å². The van der Waals surface area contributed by atoms with Crippen molar-refractivity contribution in [2.45, 2.75) is 32.1 Å². The molecule has 3 aromatic rings. The number of carbonyl (C=O) groups is 1. The molecule has 1 saturated heterocycles. The van der Waals surface area contributed by atoms with Crippen LogP contribution in [0.25, 0.3) is 11.1 Å². The van der Waals surface area contributed by atoms with Crippen LogP contribution in [0, 0.1) is 13.8 Å². The Morgan fingerprint density at radius 2 is 1.93 bits per heavy atom. The van der Waals surface area contributed by atoms with Crippen molar-refractivity contribution >= 4 is 22.8 Å². The molecule has 0 spiro atoms. The highest BCUT2D eigenvalue weighted by atomic mass is 16.5. The number of aryl methyl sites for hydroxylation is 2. The van der Waals surface area contributed by atoms with E-state index in [-0.39, 0.29) is 11.4 Å². The molecule has 2 N–H and O–H groups in total. The van der Waals surface area contributed by atoms with E-state index in [4.69, 9.17) is 9.15 Å². The molecule has 146 valence electrons. The van der Waals surface area contributed by atoms with Crippen LogP contribution in [0.2, 0.25) is 0 Å². The van der Waals surface area contributed by atoms with Gasteiger partial charge in [-0.3, -0.25) is 0 Å². The van der Waals surface area contributed by atoms with Crippen molar-refractivity contribution in [2.75, 3.05) is 25.1 Å². The summed E-state index contributed by atoms with van der Waals surface area (Å²) >= 11 is 0. The van der Waals surface area contributed by atoms with Crippen molar-refractivity contribution in [3.05, 3.63) is 59.5 Å². The average Bonchev–Trinajstić information content (AvgIpc) is 3.07. The van der Waals surface area contributed by atoms with E-state index in [0.717, 1.165) is 18.4 Å². The van der Waals surface area contributed by atoms with Gasteiger partial charge in [0.05, 0.1) is 0 Å². The minimum Gasteiger partial charge on any atom is -0.441 e. The van der Waals surface area contributed by atoms with Gasteiger partial charge in [-0.05, 0) is 43.0 Å². The van der Waals surface area contributed by atoms with Crippen molar-refractivity contribution in [2.24, 2.45) is 0 Å². The number of hydrogen-bond donors (Lipinski definition) is 2. The molecule has 2 heterocycles. The predicted molar refractivity (Wildman–Crippen MR) is 109 cm³/mol. The smallest absolute Gasteiger partial charge is 0.319 e. The minimum atomic E-state index is -0.227. The van der Waals surface area contributed by atoms with E-state index in [1.807, 2.05) is 18.2 Å². The molecule has 0 radical (unpaired) electrons. The van der Waals surface area contributed by atoms with E-state index in [0.29, 0.717) is 36.9 Å². The van der Waals surface area contributed by atoms with Crippen molar-refractivity contribution in [1.82, 2.24) is 10.3 Å². The average molecular weight is 379 g/mol. The summed E-state index contributed by atoms with van der Waals surface area (Å²) in [7, 11) is 0. The molecule has 1 aliphatic rings. The lowest BCUT2D eigenvalue weighted by Crippen LogP contribution is -2.46. The number of urea groups is 1. The van der Waals surface area contributed by atoms with Gasteiger partial charge in [0, 0.05) is 43.9 Å². The van der Waals surface area contributed by atoms with Gasteiger partial charge >= 0.3 is 6.03 Å². The number of benzene rings is 2. The molecule has 2 amide bonds. The first kappa shape index (κ1) is 18.5. The molecular formula is C22H25N3O3. The summed E-state index contributed by atoms with van der Waals surface area (Å²) in [6.07, 6.45) is 1.78. The lowest BCUT2D eigenvalue weighted by Gasteiger charge is -2.39. The Morgan fingerprint density at radius 1 is 1.14 bits per heavy atom. The number of fused-ring (bicyclic) bond motifs is 1. The minimum absolute atomic E-state index is 0.104. The first-order chi connectivity index (χ1) is 13.6. The first-order valence-corrected chi connectivity index (χ1v) is 9.62. The van der Waals surface area contributed by atoms with Crippen LogP contribution in [0.15, 0.2) is 46.9 Å². The molecule has 28 heavy (non-hydrogen) atoms. The van der Waals surface area contributed by atoms with E-state index >= 15 is 0 Å². The fourth-order valence-electron chi connectivity index (χ4n) is 4.01. The molecule has 0 unspecified atom stereocenters. The number of hydrogen-bond acceptors (Lipinski definition) is 4. The van der Waals surface area contributed by atoms with Gasteiger partial charge in [0.25, 0.3) is 0 Å². The number of carbonyl (C=O) groups excluding carboxylic acids is 1. The third kappa shape index (κ3) is 3.73. The Morgan fingerprint density at radius 3 is 2.71 bits per heavy atom. The highest BCUT2D eigenvalue weighted by Crippen LogP contribution is 2.36. The molecule has 0 bridgehead atoms. The third-order valence-electron chi connectivity index (χ3n) is 5.51. The molecule has 0 saturated carbocycles. The van der Waals surface area contributed by atoms with Crippen LogP contribution in [-0.2, 0) is 10.2 Å². The van der Waals surface area contributed by atoms with Crippen LogP contribution in [0.3, 0.4) is 0 Å². The van der Waals surface area contributed by atoms with Crippen LogP contribution in [0.5, 0.6) is 0 Å². The lowest BCUT2D eigenvalue weighted by atomic mass is 9.72. The summed E-state index contributed by atoms with van der Waals surface area (Å²) in [5.74, 6) is 0.608. The molecule has 6 nitrogen and oxygen atoms in total. The zero-order valence-corrected chi connectivity index (χ0v) is 16.2. The molecule has 2 aromatic carbocycles. The Hall–Kier alpha value is -2.86. The number of ether oxygens (including phenoxy) is 1. The van der Waals surface area contributed by atoms with Gasteiger partial charge in [0.15, 0.2) is 11.5 Å². The molecular weight excluding hydrogens is 354 g/mol. The van der Waals surface area contributed by atoms with Gasteiger partial charge < -0.3 is 19.8 Å².